The molecule has 4 aliphatic rings. The number of hydrogen-bond acceptors (Lipinski definition) is 3. The first-order chi connectivity index (χ1) is 10.7. The minimum atomic E-state index is -0.710. The maximum absolute atomic E-state index is 13.2. The summed E-state index contributed by atoms with van der Waals surface area (Å²) in [5, 5.41) is 10.9. The largest absolute Gasteiger partial charge is 0.390 e. The number of hydrogen-bond donors (Lipinski definition) is 1. The van der Waals surface area contributed by atoms with Gasteiger partial charge >= 0.3 is 0 Å². The molecule has 0 heterocycles. The summed E-state index contributed by atoms with van der Waals surface area (Å²) in [6.45, 7) is 6.37. The standard InChI is InChI=1S/C20H30O3/c1-18-8-6-13(21)10-12(18)4-5-14-15-7-9-20(3,23)19(15,2)11-16(22)17(14)18/h12,14-15,17,23H,4-11H2,1-3H3. The van der Waals surface area contributed by atoms with E-state index in [-0.39, 0.29) is 16.7 Å². The fourth-order valence-electron chi connectivity index (χ4n) is 7.07. The molecule has 0 aromatic rings. The lowest BCUT2D eigenvalue weighted by atomic mass is 9.44. The SMILES string of the molecule is CC12CCC(=O)CC1CCC1C2C(=O)CC2(C)C1CCC2(C)O. The maximum Gasteiger partial charge on any atom is 0.137 e. The lowest BCUT2D eigenvalue weighted by Crippen LogP contribution is -2.59. The van der Waals surface area contributed by atoms with Crippen LogP contribution in [0.25, 0.3) is 0 Å². The summed E-state index contributed by atoms with van der Waals surface area (Å²) in [6.07, 6.45) is 6.80. The summed E-state index contributed by atoms with van der Waals surface area (Å²) < 4.78 is 0. The maximum atomic E-state index is 13.2. The molecule has 0 saturated heterocycles. The molecule has 4 aliphatic carbocycles. The van der Waals surface area contributed by atoms with Crippen LogP contribution in [0.15, 0.2) is 0 Å². The second kappa shape index (κ2) is 4.68. The zero-order valence-electron chi connectivity index (χ0n) is 14.7. The Hall–Kier alpha value is -0.700. The van der Waals surface area contributed by atoms with E-state index >= 15 is 0 Å². The molecule has 0 aromatic heterocycles. The Morgan fingerprint density at radius 2 is 1.78 bits per heavy atom. The molecule has 128 valence electrons. The smallest absolute Gasteiger partial charge is 0.137 e. The molecular formula is C20H30O3. The Kier molecular flexibility index (Phi) is 3.22. The predicted octanol–water partition coefficient (Wildman–Crippen LogP) is 3.53. The Bertz CT molecular complexity index is 565. The van der Waals surface area contributed by atoms with Crippen LogP contribution in [-0.2, 0) is 9.59 Å². The number of Topliss-reactive ketones (excluding diaryl/α,β-unsaturated/α-hetero) is 2. The first-order valence-corrected chi connectivity index (χ1v) is 9.46. The van der Waals surface area contributed by atoms with Gasteiger partial charge < -0.3 is 5.11 Å². The highest BCUT2D eigenvalue weighted by Gasteiger charge is 2.65. The van der Waals surface area contributed by atoms with Crippen molar-refractivity contribution in [1.29, 1.82) is 0 Å². The summed E-state index contributed by atoms with van der Waals surface area (Å²) in [5.41, 5.74) is -0.943. The van der Waals surface area contributed by atoms with Gasteiger partial charge in [-0.25, -0.2) is 0 Å². The lowest BCUT2D eigenvalue weighted by molar-refractivity contribution is -0.170. The van der Waals surface area contributed by atoms with E-state index in [9.17, 15) is 14.7 Å². The van der Waals surface area contributed by atoms with Gasteiger partial charge in [-0.2, -0.15) is 0 Å². The fraction of sp³-hybridized carbons (Fsp3) is 0.900. The molecule has 0 amide bonds. The highest BCUT2D eigenvalue weighted by atomic mass is 16.3. The summed E-state index contributed by atoms with van der Waals surface area (Å²) in [6, 6.07) is 0. The first-order valence-electron chi connectivity index (χ1n) is 9.46. The third-order valence-electron chi connectivity index (χ3n) is 8.73. The van der Waals surface area contributed by atoms with Gasteiger partial charge in [0.1, 0.15) is 11.6 Å². The normalized spacial score (nSPS) is 56.0. The summed E-state index contributed by atoms with van der Waals surface area (Å²) in [4.78, 5) is 25.1. The van der Waals surface area contributed by atoms with Crippen molar-refractivity contribution in [2.75, 3.05) is 0 Å². The van der Waals surface area contributed by atoms with E-state index in [0.29, 0.717) is 48.6 Å². The van der Waals surface area contributed by atoms with Crippen molar-refractivity contribution in [3.63, 3.8) is 0 Å². The van der Waals surface area contributed by atoms with Crippen molar-refractivity contribution in [1.82, 2.24) is 0 Å². The molecule has 0 bridgehead atoms. The van der Waals surface area contributed by atoms with Gasteiger partial charge in [-0.15, -0.1) is 0 Å². The van der Waals surface area contributed by atoms with Crippen LogP contribution in [0.5, 0.6) is 0 Å². The molecule has 0 aromatic carbocycles. The van der Waals surface area contributed by atoms with Crippen LogP contribution in [0.2, 0.25) is 0 Å². The molecule has 7 unspecified atom stereocenters. The van der Waals surface area contributed by atoms with Crippen molar-refractivity contribution < 1.29 is 14.7 Å². The van der Waals surface area contributed by atoms with Gasteiger partial charge in [0.05, 0.1) is 5.60 Å². The zero-order valence-corrected chi connectivity index (χ0v) is 14.7. The Balaban J connectivity index is 1.72. The van der Waals surface area contributed by atoms with Gasteiger partial charge in [-0.05, 0) is 62.2 Å². The van der Waals surface area contributed by atoms with Crippen molar-refractivity contribution in [2.45, 2.75) is 77.7 Å². The third kappa shape index (κ3) is 1.92. The molecule has 4 fully saturated rings. The minimum absolute atomic E-state index is 0.0175. The molecule has 7 atom stereocenters. The van der Waals surface area contributed by atoms with Gasteiger partial charge in [0.25, 0.3) is 0 Å². The topological polar surface area (TPSA) is 54.4 Å². The second-order valence-corrected chi connectivity index (χ2v) is 9.64. The summed E-state index contributed by atoms with van der Waals surface area (Å²) in [7, 11) is 0. The number of aliphatic hydroxyl groups is 1. The molecule has 0 radical (unpaired) electrons. The van der Waals surface area contributed by atoms with Crippen LogP contribution < -0.4 is 0 Å². The van der Waals surface area contributed by atoms with Gasteiger partial charge in [0.2, 0.25) is 0 Å². The summed E-state index contributed by atoms with van der Waals surface area (Å²) in [5.74, 6) is 2.18. The minimum Gasteiger partial charge on any atom is -0.390 e. The molecule has 0 aliphatic heterocycles. The van der Waals surface area contributed by atoms with Crippen LogP contribution in [0, 0.1) is 34.5 Å². The molecule has 3 nitrogen and oxygen atoms in total. The number of carbonyl (C=O) groups is 2. The van der Waals surface area contributed by atoms with Gasteiger partial charge in [0, 0.05) is 30.6 Å². The van der Waals surface area contributed by atoms with Crippen molar-refractivity contribution >= 4 is 11.6 Å². The van der Waals surface area contributed by atoms with E-state index in [1.165, 1.54) is 0 Å². The molecule has 4 rings (SSSR count). The number of ketones is 2. The van der Waals surface area contributed by atoms with Crippen LogP contribution in [0.4, 0.5) is 0 Å². The van der Waals surface area contributed by atoms with Crippen LogP contribution in [-0.4, -0.2) is 22.3 Å². The predicted molar refractivity (Wildman–Crippen MR) is 87.7 cm³/mol. The van der Waals surface area contributed by atoms with Crippen LogP contribution in [0.1, 0.15) is 72.1 Å². The van der Waals surface area contributed by atoms with E-state index in [1.807, 2.05) is 6.92 Å². The van der Waals surface area contributed by atoms with E-state index in [0.717, 1.165) is 32.1 Å². The van der Waals surface area contributed by atoms with Crippen molar-refractivity contribution in [2.24, 2.45) is 34.5 Å². The Morgan fingerprint density at radius 1 is 1.04 bits per heavy atom. The van der Waals surface area contributed by atoms with E-state index in [1.54, 1.807) is 0 Å². The van der Waals surface area contributed by atoms with Crippen molar-refractivity contribution in [3.8, 4) is 0 Å². The van der Waals surface area contributed by atoms with Crippen molar-refractivity contribution in [3.05, 3.63) is 0 Å². The Morgan fingerprint density at radius 3 is 2.52 bits per heavy atom. The number of carbonyl (C=O) groups excluding carboxylic acids is 2. The monoisotopic (exact) mass is 318 g/mol. The molecule has 0 spiro atoms. The highest BCUT2D eigenvalue weighted by Crippen LogP contribution is 2.66. The number of rotatable bonds is 0. The van der Waals surface area contributed by atoms with E-state index < -0.39 is 5.60 Å². The van der Waals surface area contributed by atoms with Gasteiger partial charge in [0.15, 0.2) is 0 Å². The fourth-order valence-corrected chi connectivity index (χ4v) is 7.07. The molecule has 1 N–H and O–H groups in total. The Labute approximate surface area is 139 Å². The van der Waals surface area contributed by atoms with E-state index in [4.69, 9.17) is 0 Å². The van der Waals surface area contributed by atoms with E-state index in [2.05, 4.69) is 13.8 Å². The number of fused-ring (bicyclic) bond motifs is 5. The quantitative estimate of drug-likeness (QED) is 0.743. The first kappa shape index (κ1) is 15.8. The molecular weight excluding hydrogens is 288 g/mol. The average Bonchev–Trinajstić information content (AvgIpc) is 2.69. The van der Waals surface area contributed by atoms with Crippen LogP contribution >= 0.6 is 0 Å². The molecule has 3 heteroatoms. The third-order valence-corrected chi connectivity index (χ3v) is 8.73. The lowest BCUT2D eigenvalue weighted by Gasteiger charge is -2.59. The van der Waals surface area contributed by atoms with Gasteiger partial charge in [-0.3, -0.25) is 9.59 Å². The molecule has 23 heavy (non-hydrogen) atoms. The van der Waals surface area contributed by atoms with Gasteiger partial charge in [-0.1, -0.05) is 13.8 Å². The average molecular weight is 318 g/mol. The summed E-state index contributed by atoms with van der Waals surface area (Å²) >= 11 is 0. The van der Waals surface area contributed by atoms with Crippen LogP contribution in [0.3, 0.4) is 0 Å². The zero-order chi connectivity index (χ0) is 16.6. The highest BCUT2D eigenvalue weighted by molar-refractivity contribution is 5.86. The molecule has 4 saturated carbocycles. The second-order valence-electron chi connectivity index (χ2n) is 9.64.